The number of nitrogens with zero attached hydrogens (tertiary/aromatic N) is 2. The van der Waals surface area contributed by atoms with E-state index in [1.165, 1.54) is 12.1 Å². The third-order valence-corrected chi connectivity index (χ3v) is 5.83. The van der Waals surface area contributed by atoms with Crippen molar-refractivity contribution in [3.05, 3.63) is 29.8 Å². The monoisotopic (exact) mass is 369 g/mol. The van der Waals surface area contributed by atoms with Crippen LogP contribution >= 0.6 is 0 Å². The lowest BCUT2D eigenvalue weighted by Crippen LogP contribution is -2.60. The first kappa shape index (κ1) is 19.7. The molecule has 140 valence electrons. The summed E-state index contributed by atoms with van der Waals surface area (Å²) in [6.07, 6.45) is 0. The van der Waals surface area contributed by atoms with E-state index in [0.29, 0.717) is 19.7 Å². The number of rotatable bonds is 5. The van der Waals surface area contributed by atoms with Gasteiger partial charge in [0.25, 0.3) is 10.0 Å². The molecular formula is C17H27N3O4S. The first-order valence-electron chi connectivity index (χ1n) is 8.37. The predicted octanol–water partition coefficient (Wildman–Crippen LogP) is 1.43. The number of piperazine rings is 1. The standard InChI is InChI=1S/C17H27N3O4S/c1-13-5-7-16(8-6-13)25(22,23)18-17(21)19-11-14(2)20(9-10-24-4)15(3)12-19/h5-8,14-15H,9-12H2,1-4H3,(H,18,21). The normalized spacial score (nSPS) is 22.0. The zero-order valence-electron chi connectivity index (χ0n) is 15.2. The van der Waals surface area contributed by atoms with E-state index < -0.39 is 16.1 Å². The fraction of sp³-hybridized carbons (Fsp3) is 0.588. The molecule has 2 rings (SSSR count). The Morgan fingerprint density at radius 1 is 1.20 bits per heavy atom. The number of nitrogens with one attached hydrogen (secondary N) is 1. The van der Waals surface area contributed by atoms with Crippen LogP contribution < -0.4 is 4.72 Å². The SMILES string of the molecule is COCCN1C(C)CN(C(=O)NS(=O)(=O)c2ccc(C)cc2)CC1C. The minimum atomic E-state index is -3.86. The molecule has 1 aromatic rings. The number of carbonyl (C=O) groups excluding carboxylic acids is 1. The van der Waals surface area contributed by atoms with Gasteiger partial charge in [-0.1, -0.05) is 17.7 Å². The Bertz CT molecular complexity index is 678. The molecule has 2 amide bonds. The van der Waals surface area contributed by atoms with Crippen LogP contribution in [0.2, 0.25) is 0 Å². The lowest BCUT2D eigenvalue weighted by molar-refractivity contribution is 0.0358. The van der Waals surface area contributed by atoms with Gasteiger partial charge in [-0.2, -0.15) is 0 Å². The quantitative estimate of drug-likeness (QED) is 0.850. The maximum atomic E-state index is 12.5. The maximum absolute atomic E-state index is 12.5. The molecule has 2 unspecified atom stereocenters. The maximum Gasteiger partial charge on any atom is 0.331 e. The average Bonchev–Trinajstić information content (AvgIpc) is 2.54. The van der Waals surface area contributed by atoms with Crippen molar-refractivity contribution in [2.75, 3.05) is 33.4 Å². The topological polar surface area (TPSA) is 79.0 Å². The molecular weight excluding hydrogens is 342 g/mol. The second-order valence-electron chi connectivity index (χ2n) is 6.56. The highest BCUT2D eigenvalue weighted by atomic mass is 32.2. The van der Waals surface area contributed by atoms with Crippen molar-refractivity contribution >= 4 is 16.1 Å². The molecule has 1 fully saturated rings. The lowest BCUT2D eigenvalue weighted by Gasteiger charge is -2.44. The molecule has 8 heteroatoms. The van der Waals surface area contributed by atoms with Gasteiger partial charge in [-0.15, -0.1) is 0 Å². The van der Waals surface area contributed by atoms with Crippen LogP contribution in [0.15, 0.2) is 29.2 Å². The largest absolute Gasteiger partial charge is 0.383 e. The van der Waals surface area contributed by atoms with Crippen molar-refractivity contribution in [3.63, 3.8) is 0 Å². The van der Waals surface area contributed by atoms with E-state index in [9.17, 15) is 13.2 Å². The zero-order chi connectivity index (χ0) is 18.6. The van der Waals surface area contributed by atoms with Crippen molar-refractivity contribution in [2.45, 2.75) is 37.8 Å². The van der Waals surface area contributed by atoms with E-state index in [-0.39, 0.29) is 17.0 Å². The van der Waals surface area contributed by atoms with Crippen LogP contribution in [-0.2, 0) is 14.8 Å². The number of benzene rings is 1. The van der Waals surface area contributed by atoms with Gasteiger partial charge in [-0.3, -0.25) is 4.90 Å². The molecule has 0 aromatic heterocycles. The van der Waals surface area contributed by atoms with Gasteiger partial charge < -0.3 is 9.64 Å². The molecule has 0 spiro atoms. The number of hydrogen-bond donors (Lipinski definition) is 1. The van der Waals surface area contributed by atoms with Crippen LogP contribution in [0.25, 0.3) is 0 Å². The summed E-state index contributed by atoms with van der Waals surface area (Å²) in [6, 6.07) is 6.09. The Morgan fingerprint density at radius 2 is 1.76 bits per heavy atom. The van der Waals surface area contributed by atoms with Gasteiger partial charge in [-0.05, 0) is 32.9 Å². The number of hydrogen-bond acceptors (Lipinski definition) is 5. The number of urea groups is 1. The Balaban J connectivity index is 2.02. The zero-order valence-corrected chi connectivity index (χ0v) is 16.0. The summed E-state index contributed by atoms with van der Waals surface area (Å²) in [6.45, 7) is 8.30. The van der Waals surface area contributed by atoms with E-state index >= 15 is 0 Å². The lowest BCUT2D eigenvalue weighted by atomic mass is 10.1. The molecule has 1 aromatic carbocycles. The van der Waals surface area contributed by atoms with Crippen LogP contribution in [0.5, 0.6) is 0 Å². The van der Waals surface area contributed by atoms with Crippen molar-refractivity contribution in [3.8, 4) is 0 Å². The molecule has 1 heterocycles. The van der Waals surface area contributed by atoms with E-state index in [1.54, 1.807) is 24.1 Å². The first-order valence-corrected chi connectivity index (χ1v) is 9.86. The fourth-order valence-electron chi connectivity index (χ4n) is 3.12. The number of aryl methyl sites for hydroxylation is 1. The van der Waals surface area contributed by atoms with Crippen LogP contribution in [0.4, 0.5) is 4.79 Å². The molecule has 2 atom stereocenters. The van der Waals surface area contributed by atoms with E-state index in [2.05, 4.69) is 9.62 Å². The summed E-state index contributed by atoms with van der Waals surface area (Å²) in [5.41, 5.74) is 0.958. The molecule has 1 aliphatic rings. The van der Waals surface area contributed by atoms with E-state index in [4.69, 9.17) is 4.74 Å². The Morgan fingerprint density at radius 3 is 2.28 bits per heavy atom. The predicted molar refractivity (Wildman–Crippen MR) is 96.0 cm³/mol. The second-order valence-corrected chi connectivity index (χ2v) is 8.24. The molecule has 0 bridgehead atoms. The number of sulfonamides is 1. The number of carbonyl (C=O) groups is 1. The number of methoxy groups -OCH3 is 1. The Hall–Kier alpha value is -1.64. The molecule has 7 nitrogen and oxygen atoms in total. The third-order valence-electron chi connectivity index (χ3n) is 4.50. The fourth-order valence-corrected chi connectivity index (χ4v) is 4.09. The number of amides is 2. The second kappa shape index (κ2) is 8.16. The first-order chi connectivity index (χ1) is 11.7. The van der Waals surface area contributed by atoms with Gasteiger partial charge in [0.2, 0.25) is 0 Å². The van der Waals surface area contributed by atoms with Crippen LogP contribution in [0.1, 0.15) is 19.4 Å². The van der Waals surface area contributed by atoms with Crippen molar-refractivity contribution in [1.29, 1.82) is 0 Å². The molecule has 0 aliphatic carbocycles. The molecule has 1 saturated heterocycles. The summed E-state index contributed by atoms with van der Waals surface area (Å²) in [4.78, 5) is 16.4. The highest BCUT2D eigenvalue weighted by Gasteiger charge is 2.33. The summed E-state index contributed by atoms with van der Waals surface area (Å²) in [7, 11) is -2.20. The van der Waals surface area contributed by atoms with E-state index in [1.807, 2.05) is 20.8 Å². The number of ether oxygens (including phenoxy) is 1. The molecule has 1 aliphatic heterocycles. The van der Waals surface area contributed by atoms with Gasteiger partial charge in [0.05, 0.1) is 11.5 Å². The van der Waals surface area contributed by atoms with E-state index in [0.717, 1.165) is 12.1 Å². The van der Waals surface area contributed by atoms with Gasteiger partial charge in [0, 0.05) is 38.8 Å². The summed E-state index contributed by atoms with van der Waals surface area (Å²) in [5.74, 6) is 0. The average molecular weight is 369 g/mol. The highest BCUT2D eigenvalue weighted by Crippen LogP contribution is 2.16. The minimum absolute atomic E-state index is 0.0891. The minimum Gasteiger partial charge on any atom is -0.383 e. The van der Waals surface area contributed by atoms with Gasteiger partial charge in [-0.25, -0.2) is 17.9 Å². The van der Waals surface area contributed by atoms with Crippen LogP contribution in [0.3, 0.4) is 0 Å². The summed E-state index contributed by atoms with van der Waals surface area (Å²) >= 11 is 0. The highest BCUT2D eigenvalue weighted by molar-refractivity contribution is 7.90. The third kappa shape index (κ3) is 4.93. The molecule has 1 N–H and O–H groups in total. The smallest absolute Gasteiger partial charge is 0.331 e. The molecule has 0 saturated carbocycles. The van der Waals surface area contributed by atoms with Crippen LogP contribution in [0, 0.1) is 6.92 Å². The van der Waals surface area contributed by atoms with Crippen LogP contribution in [-0.4, -0.2) is 69.7 Å². The van der Waals surface area contributed by atoms with Gasteiger partial charge >= 0.3 is 6.03 Å². The summed E-state index contributed by atoms with van der Waals surface area (Å²) in [5, 5.41) is 0. The van der Waals surface area contributed by atoms with Crippen molar-refractivity contribution in [1.82, 2.24) is 14.5 Å². The van der Waals surface area contributed by atoms with Gasteiger partial charge in [0.15, 0.2) is 0 Å². The Labute approximate surface area is 150 Å². The van der Waals surface area contributed by atoms with Crippen molar-refractivity contribution < 1.29 is 17.9 Å². The summed E-state index contributed by atoms with van der Waals surface area (Å²) < 4.78 is 32.1. The molecule has 25 heavy (non-hydrogen) atoms. The van der Waals surface area contributed by atoms with Crippen molar-refractivity contribution in [2.24, 2.45) is 0 Å². The molecule has 0 radical (unpaired) electrons. The van der Waals surface area contributed by atoms with Gasteiger partial charge in [0.1, 0.15) is 0 Å². The Kier molecular flexibility index (Phi) is 6.42.